The molecule has 0 spiro atoms. The van der Waals surface area contributed by atoms with E-state index in [1.54, 1.807) is 7.05 Å². The zero-order valence-corrected chi connectivity index (χ0v) is 8.22. The molecule has 0 radical (unpaired) electrons. The van der Waals surface area contributed by atoms with Crippen molar-refractivity contribution >= 4 is 0 Å². The second-order valence-corrected chi connectivity index (χ2v) is 3.99. The van der Waals surface area contributed by atoms with Crippen molar-refractivity contribution < 1.29 is 5.11 Å². The van der Waals surface area contributed by atoms with Crippen LogP contribution in [0.15, 0.2) is 0 Å². The Morgan fingerprint density at radius 1 is 1.64 bits per heavy atom. The fraction of sp³-hybridized carbons (Fsp3) is 0.875. The van der Waals surface area contributed by atoms with Crippen molar-refractivity contribution in [1.82, 2.24) is 20.2 Å². The first-order chi connectivity index (χ1) is 6.60. The number of aromatic nitrogens is 4. The monoisotopic (exact) mass is 197 g/mol. The van der Waals surface area contributed by atoms with E-state index in [0.29, 0.717) is 18.7 Å². The van der Waals surface area contributed by atoms with Crippen molar-refractivity contribution in [1.29, 1.82) is 0 Å². The van der Waals surface area contributed by atoms with E-state index in [1.807, 2.05) is 0 Å². The Morgan fingerprint density at radius 2 is 2.43 bits per heavy atom. The van der Waals surface area contributed by atoms with Gasteiger partial charge in [0.25, 0.3) is 0 Å². The fourth-order valence-electron chi connectivity index (χ4n) is 1.97. The number of aryl methyl sites for hydroxylation is 1. The van der Waals surface area contributed by atoms with E-state index < -0.39 is 5.60 Å². The molecular formula is C8H15N5O. The number of hydrogen-bond acceptors (Lipinski definition) is 5. The van der Waals surface area contributed by atoms with E-state index in [1.165, 1.54) is 4.80 Å². The predicted octanol–water partition coefficient (Wildman–Crippen LogP) is -0.701. The van der Waals surface area contributed by atoms with Gasteiger partial charge in [0.2, 0.25) is 5.82 Å². The third-order valence-electron chi connectivity index (χ3n) is 2.69. The molecule has 0 amide bonds. The number of rotatable bonds is 1. The third-order valence-corrected chi connectivity index (χ3v) is 2.69. The molecule has 1 fully saturated rings. The van der Waals surface area contributed by atoms with Crippen LogP contribution in [0.2, 0.25) is 0 Å². The van der Waals surface area contributed by atoms with Crippen LogP contribution in [0.5, 0.6) is 0 Å². The van der Waals surface area contributed by atoms with Crippen molar-refractivity contribution in [2.75, 3.05) is 0 Å². The van der Waals surface area contributed by atoms with Gasteiger partial charge in [-0.25, -0.2) is 0 Å². The lowest BCUT2D eigenvalue weighted by atomic mass is 9.82. The number of hydrogen-bond donors (Lipinski definition) is 2. The highest BCUT2D eigenvalue weighted by molar-refractivity contribution is 5.01. The summed E-state index contributed by atoms with van der Waals surface area (Å²) in [7, 11) is 1.68. The molecule has 1 aromatic rings. The summed E-state index contributed by atoms with van der Waals surface area (Å²) in [6.07, 6.45) is 3.07. The van der Waals surface area contributed by atoms with Crippen LogP contribution in [-0.2, 0) is 12.6 Å². The van der Waals surface area contributed by atoms with Gasteiger partial charge in [0.05, 0.1) is 7.05 Å². The lowest BCUT2D eigenvalue weighted by Gasteiger charge is -2.32. The van der Waals surface area contributed by atoms with Crippen molar-refractivity contribution in [2.24, 2.45) is 12.8 Å². The Bertz CT molecular complexity index is 325. The van der Waals surface area contributed by atoms with E-state index in [4.69, 9.17) is 5.73 Å². The number of tetrazole rings is 1. The van der Waals surface area contributed by atoms with Crippen LogP contribution < -0.4 is 5.73 Å². The van der Waals surface area contributed by atoms with Crippen LogP contribution in [0.25, 0.3) is 0 Å². The van der Waals surface area contributed by atoms with E-state index in [-0.39, 0.29) is 6.04 Å². The lowest BCUT2D eigenvalue weighted by Crippen LogP contribution is -2.40. The average molecular weight is 197 g/mol. The first-order valence-electron chi connectivity index (χ1n) is 4.82. The smallest absolute Gasteiger partial charge is 0.206 e. The van der Waals surface area contributed by atoms with Crippen LogP contribution in [0.4, 0.5) is 0 Å². The molecule has 1 saturated carbocycles. The highest BCUT2D eigenvalue weighted by atomic mass is 16.3. The Kier molecular flexibility index (Phi) is 2.24. The Labute approximate surface area is 82.1 Å². The highest BCUT2D eigenvalue weighted by Gasteiger charge is 2.38. The van der Waals surface area contributed by atoms with Crippen LogP contribution in [0, 0.1) is 0 Å². The van der Waals surface area contributed by atoms with Crippen LogP contribution >= 0.6 is 0 Å². The molecule has 0 bridgehead atoms. The first-order valence-corrected chi connectivity index (χ1v) is 4.82. The summed E-state index contributed by atoms with van der Waals surface area (Å²) < 4.78 is 0. The summed E-state index contributed by atoms with van der Waals surface area (Å²) in [5.74, 6) is 0.398. The molecule has 1 heterocycles. The molecule has 0 aromatic carbocycles. The SMILES string of the molecule is Cn1nnc(C2(O)CCCC(N)C2)n1. The van der Waals surface area contributed by atoms with Gasteiger partial charge in [-0.05, 0) is 30.9 Å². The molecule has 0 aliphatic heterocycles. The molecule has 1 aliphatic rings. The molecule has 1 aromatic heterocycles. The van der Waals surface area contributed by atoms with Gasteiger partial charge < -0.3 is 10.8 Å². The Morgan fingerprint density at radius 3 is 3.00 bits per heavy atom. The minimum absolute atomic E-state index is 0.0394. The fourth-order valence-corrected chi connectivity index (χ4v) is 1.97. The number of aliphatic hydroxyl groups is 1. The second kappa shape index (κ2) is 3.29. The van der Waals surface area contributed by atoms with Gasteiger partial charge in [-0.15, -0.1) is 10.2 Å². The molecule has 0 saturated heterocycles. The van der Waals surface area contributed by atoms with E-state index in [2.05, 4.69) is 15.4 Å². The van der Waals surface area contributed by atoms with Crippen LogP contribution in [0.3, 0.4) is 0 Å². The Balaban J connectivity index is 2.22. The maximum Gasteiger partial charge on any atom is 0.206 e. The molecule has 2 rings (SSSR count). The third kappa shape index (κ3) is 1.62. The van der Waals surface area contributed by atoms with Gasteiger partial charge in [-0.1, -0.05) is 0 Å². The maximum atomic E-state index is 10.3. The van der Waals surface area contributed by atoms with Crippen molar-refractivity contribution in [3.63, 3.8) is 0 Å². The van der Waals surface area contributed by atoms with Crippen molar-refractivity contribution in [3.05, 3.63) is 5.82 Å². The minimum Gasteiger partial charge on any atom is -0.382 e. The largest absolute Gasteiger partial charge is 0.382 e. The minimum atomic E-state index is -0.966. The molecule has 2 atom stereocenters. The summed E-state index contributed by atoms with van der Waals surface area (Å²) in [6.45, 7) is 0. The standard InChI is InChI=1S/C8H15N5O/c1-13-11-7(10-12-13)8(14)4-2-3-6(9)5-8/h6,14H,2-5,9H2,1H3. The van der Waals surface area contributed by atoms with Crippen molar-refractivity contribution in [3.8, 4) is 0 Å². The summed E-state index contributed by atoms with van der Waals surface area (Å²) in [5.41, 5.74) is 4.85. The maximum absolute atomic E-state index is 10.3. The molecule has 6 nitrogen and oxygen atoms in total. The molecule has 3 N–H and O–H groups in total. The molecule has 78 valence electrons. The van der Waals surface area contributed by atoms with Gasteiger partial charge in [0, 0.05) is 6.04 Å². The number of nitrogens with two attached hydrogens (primary N) is 1. The van der Waals surface area contributed by atoms with Crippen molar-refractivity contribution in [2.45, 2.75) is 37.3 Å². The zero-order valence-electron chi connectivity index (χ0n) is 8.22. The molecule has 1 aliphatic carbocycles. The molecule has 6 heteroatoms. The first kappa shape index (κ1) is 9.54. The molecular weight excluding hydrogens is 182 g/mol. The summed E-state index contributed by atoms with van der Waals surface area (Å²) in [6, 6.07) is 0.0394. The molecule has 14 heavy (non-hydrogen) atoms. The van der Waals surface area contributed by atoms with E-state index >= 15 is 0 Å². The zero-order chi connectivity index (χ0) is 10.2. The van der Waals surface area contributed by atoms with Gasteiger partial charge in [0.15, 0.2) is 0 Å². The quantitative estimate of drug-likeness (QED) is 0.621. The van der Waals surface area contributed by atoms with Gasteiger partial charge in [-0.3, -0.25) is 0 Å². The van der Waals surface area contributed by atoms with Crippen LogP contribution in [-0.4, -0.2) is 31.4 Å². The second-order valence-electron chi connectivity index (χ2n) is 3.99. The summed E-state index contributed by atoms with van der Waals surface area (Å²) >= 11 is 0. The topological polar surface area (TPSA) is 89.8 Å². The van der Waals surface area contributed by atoms with Gasteiger partial charge in [0.1, 0.15) is 5.60 Å². The summed E-state index contributed by atoms with van der Waals surface area (Å²) in [4.78, 5) is 1.35. The Hall–Kier alpha value is -1.01. The van der Waals surface area contributed by atoms with E-state index in [0.717, 1.165) is 12.8 Å². The molecule has 2 unspecified atom stereocenters. The summed E-state index contributed by atoms with van der Waals surface area (Å²) in [5, 5.41) is 21.9. The number of nitrogens with zero attached hydrogens (tertiary/aromatic N) is 4. The van der Waals surface area contributed by atoms with Crippen LogP contribution in [0.1, 0.15) is 31.5 Å². The lowest BCUT2D eigenvalue weighted by molar-refractivity contribution is -0.0154. The highest BCUT2D eigenvalue weighted by Crippen LogP contribution is 2.33. The normalized spacial score (nSPS) is 33.2. The van der Waals surface area contributed by atoms with E-state index in [9.17, 15) is 5.11 Å². The average Bonchev–Trinajstić information content (AvgIpc) is 2.52. The predicted molar refractivity (Wildman–Crippen MR) is 49.1 cm³/mol. The van der Waals surface area contributed by atoms with Gasteiger partial charge >= 0.3 is 0 Å². The van der Waals surface area contributed by atoms with Gasteiger partial charge in [-0.2, -0.15) is 4.80 Å².